The van der Waals surface area contributed by atoms with E-state index in [1.54, 1.807) is 6.92 Å². The Bertz CT molecular complexity index is 1170. The molecule has 3 aromatic heterocycles. The van der Waals surface area contributed by atoms with E-state index in [1.807, 2.05) is 28.1 Å². The highest BCUT2D eigenvalue weighted by Crippen LogP contribution is 2.33. The highest BCUT2D eigenvalue weighted by atomic mass is 35.5. The first kappa shape index (κ1) is 19.5. The summed E-state index contributed by atoms with van der Waals surface area (Å²) in [4.78, 5) is 8.36. The van der Waals surface area contributed by atoms with Crippen LogP contribution < -0.4 is 16.8 Å². The number of hydrogen-bond donors (Lipinski definition) is 0. The first-order chi connectivity index (χ1) is 13.2. The zero-order chi connectivity index (χ0) is 20.2. The number of pyridine rings is 1. The molecule has 0 spiro atoms. The average molecular weight is 417 g/mol. The van der Waals surface area contributed by atoms with E-state index in [4.69, 9.17) is 16.0 Å². The van der Waals surface area contributed by atoms with Gasteiger partial charge in [-0.1, -0.05) is 11.6 Å². The van der Waals surface area contributed by atoms with Crippen LogP contribution in [-0.4, -0.2) is 68.9 Å². The van der Waals surface area contributed by atoms with Gasteiger partial charge in [0.15, 0.2) is 21.6 Å². The molecule has 0 atom stereocenters. The van der Waals surface area contributed by atoms with Gasteiger partial charge in [-0.2, -0.15) is 9.40 Å². The second-order valence-electron chi connectivity index (χ2n) is 7.21. The minimum atomic E-state index is -3.66. The third-order valence-electron chi connectivity index (χ3n) is 5.38. The van der Waals surface area contributed by atoms with Gasteiger partial charge in [-0.15, -0.1) is 0 Å². The molecule has 1 saturated heterocycles. The molecular weight excluding hydrogens is 398 g/mol. The van der Waals surface area contributed by atoms with Crippen molar-refractivity contribution in [1.29, 1.82) is 0 Å². The summed E-state index contributed by atoms with van der Waals surface area (Å²) in [6.07, 6.45) is 2.61. The van der Waals surface area contributed by atoms with E-state index in [0.29, 0.717) is 42.6 Å². The van der Waals surface area contributed by atoms with Crippen LogP contribution in [0.25, 0.3) is 5.65 Å². The van der Waals surface area contributed by atoms with E-state index in [-0.39, 0.29) is 11.0 Å². The van der Waals surface area contributed by atoms with E-state index in [0.717, 1.165) is 22.3 Å². The first-order valence-corrected chi connectivity index (χ1v) is 11.0. The quantitative estimate of drug-likeness (QED) is 0.423. The molecule has 3 aromatic rings. The van der Waals surface area contributed by atoms with Gasteiger partial charge in [-0.25, -0.2) is 22.9 Å². The second-order valence-corrected chi connectivity index (χ2v) is 9.46. The molecule has 13 heteroatoms. The van der Waals surface area contributed by atoms with Gasteiger partial charge in [0, 0.05) is 30.6 Å². The number of piperidine rings is 1. The van der Waals surface area contributed by atoms with Gasteiger partial charge in [0.2, 0.25) is 0 Å². The van der Waals surface area contributed by atoms with Gasteiger partial charge in [-0.3, -0.25) is 0 Å². The maximum absolute atomic E-state index is 12.8. The van der Waals surface area contributed by atoms with Gasteiger partial charge >= 0.3 is 0 Å². The Morgan fingerprint density at radius 1 is 1.25 bits per heavy atom. The lowest BCUT2D eigenvalue weighted by molar-refractivity contribution is 0.308. The molecule has 0 bridgehead atoms. The van der Waals surface area contributed by atoms with Gasteiger partial charge in [0.05, 0.1) is 6.20 Å². The number of halogens is 1. The molecule has 0 saturated carbocycles. The van der Waals surface area contributed by atoms with Gasteiger partial charge in [0.1, 0.15) is 19.2 Å². The summed E-state index contributed by atoms with van der Waals surface area (Å²) in [7, 11) is 2.13. The normalized spacial score (nSPS) is 16.8. The monoisotopic (exact) mass is 417 g/mol. The molecule has 0 aliphatic carbocycles. The number of sulfonamides is 1. The zero-order valence-corrected chi connectivity index (χ0v) is 17.8. The van der Waals surface area contributed by atoms with Gasteiger partial charge in [0.25, 0.3) is 15.1 Å². The molecular formula is C15H19B3ClN5O3S. The van der Waals surface area contributed by atoms with Crippen molar-refractivity contribution in [3.8, 4) is 0 Å². The Morgan fingerprint density at radius 3 is 2.54 bits per heavy atom. The Kier molecular flexibility index (Phi) is 4.83. The van der Waals surface area contributed by atoms with Crippen molar-refractivity contribution in [2.45, 2.75) is 30.8 Å². The molecule has 1 aliphatic heterocycles. The topological polar surface area (TPSA) is 93.6 Å². The van der Waals surface area contributed by atoms with Crippen LogP contribution in [0.2, 0.25) is 5.02 Å². The fraction of sp³-hybridized carbons (Fsp3) is 0.400. The number of aryl methyl sites for hydroxylation is 1. The standard InChI is InChI=1S/C15H19B3ClN5O3S/c1-7-20-6-9(27-7)28(25,26)23-4-2-8(3-5-23)10-12(19)11(16)14-21-15(18)22-24(14)13(10)17/h6,8H,2-5,16-18H2,1H3. The van der Waals surface area contributed by atoms with Crippen molar-refractivity contribution in [2.24, 2.45) is 0 Å². The summed E-state index contributed by atoms with van der Waals surface area (Å²) >= 11 is 6.71. The summed E-state index contributed by atoms with van der Waals surface area (Å²) in [6, 6.07) is 0. The number of aromatic nitrogens is 4. The van der Waals surface area contributed by atoms with E-state index in [9.17, 15) is 8.42 Å². The van der Waals surface area contributed by atoms with E-state index in [1.165, 1.54) is 10.5 Å². The molecule has 0 aromatic carbocycles. The van der Waals surface area contributed by atoms with Crippen molar-refractivity contribution in [3.05, 3.63) is 22.7 Å². The number of fused-ring (bicyclic) bond motifs is 1. The van der Waals surface area contributed by atoms with E-state index >= 15 is 0 Å². The molecule has 1 aliphatic rings. The number of oxazole rings is 1. The molecule has 0 radical (unpaired) electrons. The van der Waals surface area contributed by atoms with Crippen molar-refractivity contribution < 1.29 is 12.8 Å². The summed E-state index contributed by atoms with van der Waals surface area (Å²) in [6.45, 7) is 2.42. The molecule has 0 N–H and O–H groups in total. The van der Waals surface area contributed by atoms with Crippen LogP contribution in [0, 0.1) is 6.92 Å². The fourth-order valence-corrected chi connectivity index (χ4v) is 5.65. The Morgan fingerprint density at radius 2 is 1.93 bits per heavy atom. The van der Waals surface area contributed by atoms with Crippen LogP contribution in [-0.2, 0) is 10.0 Å². The fourth-order valence-electron chi connectivity index (χ4n) is 3.91. The third-order valence-corrected chi connectivity index (χ3v) is 7.61. The lowest BCUT2D eigenvalue weighted by Crippen LogP contribution is -2.39. The molecule has 4 heterocycles. The molecule has 0 unspecified atom stereocenters. The van der Waals surface area contributed by atoms with Crippen molar-refractivity contribution in [2.75, 3.05) is 13.1 Å². The van der Waals surface area contributed by atoms with Crippen molar-refractivity contribution >= 4 is 67.6 Å². The van der Waals surface area contributed by atoms with Crippen LogP contribution in [0.1, 0.15) is 30.2 Å². The van der Waals surface area contributed by atoms with Crippen LogP contribution in [0.15, 0.2) is 15.7 Å². The highest BCUT2D eigenvalue weighted by molar-refractivity contribution is 7.89. The average Bonchev–Trinajstić information content (AvgIpc) is 3.27. The molecule has 1 fully saturated rings. The number of rotatable bonds is 3. The predicted molar refractivity (Wildman–Crippen MR) is 115 cm³/mol. The maximum Gasteiger partial charge on any atom is 0.278 e. The zero-order valence-electron chi connectivity index (χ0n) is 16.2. The lowest BCUT2D eigenvalue weighted by atomic mass is 9.80. The summed E-state index contributed by atoms with van der Waals surface area (Å²) in [5.74, 6) is 0.491. The minimum absolute atomic E-state index is 0.104. The van der Waals surface area contributed by atoms with E-state index in [2.05, 4.69) is 15.1 Å². The molecule has 144 valence electrons. The Hall–Kier alpha value is -1.78. The maximum atomic E-state index is 12.8. The van der Waals surface area contributed by atoms with Gasteiger partial charge < -0.3 is 4.42 Å². The van der Waals surface area contributed by atoms with Crippen molar-refractivity contribution in [3.63, 3.8) is 0 Å². The number of hydrogen-bond acceptors (Lipinski definition) is 6. The van der Waals surface area contributed by atoms with Crippen molar-refractivity contribution in [1.82, 2.24) is 23.9 Å². The molecule has 28 heavy (non-hydrogen) atoms. The van der Waals surface area contributed by atoms with E-state index < -0.39 is 10.0 Å². The summed E-state index contributed by atoms with van der Waals surface area (Å²) < 4.78 is 34.0. The smallest absolute Gasteiger partial charge is 0.278 e. The van der Waals surface area contributed by atoms with Gasteiger partial charge in [-0.05, 0) is 29.8 Å². The minimum Gasteiger partial charge on any atom is -0.428 e. The SMILES string of the molecule is Bc1nc2c(B)c(Cl)c(C3CCN(S(=O)(=O)c4cnc(C)o4)CC3)c(B)n2n1. The Balaban J connectivity index is 1.62. The largest absolute Gasteiger partial charge is 0.428 e. The predicted octanol–water partition coefficient (Wildman–Crippen LogP) is -2.98. The van der Waals surface area contributed by atoms with Crippen LogP contribution >= 0.6 is 11.6 Å². The lowest BCUT2D eigenvalue weighted by Gasteiger charge is -2.32. The molecule has 4 rings (SSSR count). The summed E-state index contributed by atoms with van der Waals surface area (Å²) in [5, 5.41) is 5.08. The van der Waals surface area contributed by atoms with Crippen LogP contribution in [0.5, 0.6) is 0 Å². The molecule has 0 amide bonds. The second kappa shape index (κ2) is 6.93. The molecule has 8 nitrogen and oxygen atoms in total. The highest BCUT2D eigenvalue weighted by Gasteiger charge is 2.34. The van der Waals surface area contributed by atoms with Crippen LogP contribution in [0.3, 0.4) is 0 Å². The van der Waals surface area contributed by atoms with Crippen LogP contribution in [0.4, 0.5) is 0 Å². The third kappa shape index (κ3) is 3.07. The number of nitrogens with zero attached hydrogens (tertiary/aromatic N) is 5. The Labute approximate surface area is 170 Å². The summed E-state index contributed by atoms with van der Waals surface area (Å²) in [5.41, 5.74) is 4.35. The first-order valence-electron chi connectivity index (χ1n) is 9.14.